The zero-order valence-electron chi connectivity index (χ0n) is 32.5. The summed E-state index contributed by atoms with van der Waals surface area (Å²) in [6.07, 6.45) is 2.92. The highest BCUT2D eigenvalue weighted by atomic mass is 16.3. The van der Waals surface area contributed by atoms with E-state index in [1.165, 1.54) is 11.1 Å². The van der Waals surface area contributed by atoms with Crippen molar-refractivity contribution in [3.05, 3.63) is 169 Å². The number of pyridine rings is 1. The fourth-order valence-electron chi connectivity index (χ4n) is 7.39. The molecule has 4 heteroatoms. The number of fused-ring (bicyclic) bond motifs is 1. The van der Waals surface area contributed by atoms with Gasteiger partial charge in [-0.05, 0) is 105 Å². The Hall–Kier alpha value is -6.26. The molecule has 1 N–H and O–H groups in total. The van der Waals surface area contributed by atoms with Gasteiger partial charge in [0.1, 0.15) is 11.6 Å². The number of hydrogen-bond donors (Lipinski definition) is 1. The van der Waals surface area contributed by atoms with Crippen LogP contribution in [-0.4, -0.2) is 19.6 Å². The molecule has 8 rings (SSSR count). The van der Waals surface area contributed by atoms with E-state index in [-0.39, 0.29) is 16.6 Å². The molecule has 0 radical (unpaired) electrons. The second-order valence-corrected chi connectivity index (χ2v) is 16.1. The van der Waals surface area contributed by atoms with Crippen LogP contribution in [0.4, 0.5) is 0 Å². The summed E-state index contributed by atoms with van der Waals surface area (Å²) < 4.78 is 2.23. The zero-order chi connectivity index (χ0) is 38.3. The van der Waals surface area contributed by atoms with E-state index in [0.29, 0.717) is 11.4 Å². The first-order valence-corrected chi connectivity index (χ1v) is 19.2. The summed E-state index contributed by atoms with van der Waals surface area (Å²) in [6, 6.07) is 52.9. The van der Waals surface area contributed by atoms with Crippen LogP contribution in [0.3, 0.4) is 0 Å². The molecule has 55 heavy (non-hydrogen) atoms. The predicted molar refractivity (Wildman–Crippen MR) is 230 cm³/mol. The number of phenolic OH excluding ortho intramolecular Hbond substituents is 1. The van der Waals surface area contributed by atoms with Gasteiger partial charge < -0.3 is 5.11 Å². The molecule has 2 aromatic heterocycles. The molecule has 0 aliphatic rings. The number of rotatable bonds is 8. The molecule has 6 aromatic carbocycles. The maximum atomic E-state index is 11.3. The van der Waals surface area contributed by atoms with Gasteiger partial charge in [0, 0.05) is 22.9 Å². The average Bonchev–Trinajstić information content (AvgIpc) is 3.60. The summed E-state index contributed by atoms with van der Waals surface area (Å²) in [5, 5.41) is 11.3. The van der Waals surface area contributed by atoms with Crippen molar-refractivity contribution in [1.29, 1.82) is 0 Å². The average molecular weight is 718 g/mol. The maximum absolute atomic E-state index is 11.3. The van der Waals surface area contributed by atoms with Crippen LogP contribution in [0.2, 0.25) is 0 Å². The van der Waals surface area contributed by atoms with Gasteiger partial charge in [-0.3, -0.25) is 9.55 Å². The van der Waals surface area contributed by atoms with Crippen molar-refractivity contribution in [2.75, 3.05) is 0 Å². The molecule has 0 fully saturated rings. The second-order valence-electron chi connectivity index (χ2n) is 16.1. The van der Waals surface area contributed by atoms with Gasteiger partial charge in [0.25, 0.3) is 0 Å². The quantitative estimate of drug-likeness (QED) is 0.170. The summed E-state index contributed by atoms with van der Waals surface area (Å²) in [6.45, 7) is 13.6. The Bertz CT molecular complexity index is 2650. The van der Waals surface area contributed by atoms with E-state index in [2.05, 4.69) is 167 Å². The van der Waals surface area contributed by atoms with Gasteiger partial charge in [-0.1, -0.05) is 139 Å². The molecule has 0 bridgehead atoms. The van der Waals surface area contributed by atoms with E-state index in [4.69, 9.17) is 9.97 Å². The van der Waals surface area contributed by atoms with E-state index in [0.717, 1.165) is 67.8 Å². The molecule has 0 spiro atoms. The SMILES string of the molecule is CCC(C)(C)c1ccc(-n2c(-c3ccccc3O)nc3c(-c4cc(-c5cc(-c6ccccc6)ccn5)cc(C(C)(C)C)c4)cccc32)c(-c2ccccc2)c1. The van der Waals surface area contributed by atoms with E-state index >= 15 is 0 Å². The third-order valence-electron chi connectivity index (χ3n) is 11.1. The van der Waals surface area contributed by atoms with Crippen LogP contribution in [0.25, 0.3) is 72.7 Å². The van der Waals surface area contributed by atoms with Gasteiger partial charge in [0.05, 0.1) is 28.0 Å². The number of aromatic nitrogens is 3. The van der Waals surface area contributed by atoms with Crippen LogP contribution >= 0.6 is 0 Å². The Balaban J connectivity index is 1.40. The molecule has 2 heterocycles. The summed E-state index contributed by atoms with van der Waals surface area (Å²) in [4.78, 5) is 10.3. The molecule has 0 amide bonds. The fourth-order valence-corrected chi connectivity index (χ4v) is 7.39. The molecular weight excluding hydrogens is 671 g/mol. The van der Waals surface area contributed by atoms with Crippen molar-refractivity contribution in [2.45, 2.75) is 58.8 Å². The Morgan fingerprint density at radius 3 is 1.93 bits per heavy atom. The second kappa shape index (κ2) is 14.2. The van der Waals surface area contributed by atoms with Crippen LogP contribution < -0.4 is 0 Å². The molecule has 8 aromatic rings. The topological polar surface area (TPSA) is 50.9 Å². The first-order chi connectivity index (χ1) is 26.5. The lowest BCUT2D eigenvalue weighted by molar-refractivity contribution is 0.477. The van der Waals surface area contributed by atoms with Gasteiger partial charge in [-0.25, -0.2) is 4.98 Å². The Morgan fingerprint density at radius 1 is 0.545 bits per heavy atom. The standard InChI is InChI=1S/C51H47N3O/c1-7-51(5,6)39-25-26-45(43(33-39)35-19-12-9-13-20-35)54-46-23-16-22-41(48(46)53-49(54)42-21-14-15-24-47(42)55)37-29-38(31-40(30-37)50(2,3)4)44-32-36(27-28-52-44)34-17-10-8-11-18-34/h8-33,55H,7H2,1-6H3. The molecule has 0 atom stereocenters. The van der Waals surface area contributed by atoms with Crippen molar-refractivity contribution in [2.24, 2.45) is 0 Å². The van der Waals surface area contributed by atoms with E-state index in [1.54, 1.807) is 6.07 Å². The first kappa shape index (κ1) is 35.8. The van der Waals surface area contributed by atoms with Crippen LogP contribution in [-0.2, 0) is 10.8 Å². The lowest BCUT2D eigenvalue weighted by atomic mass is 9.81. The number of nitrogens with zero attached hydrogens (tertiary/aromatic N) is 3. The molecule has 0 unspecified atom stereocenters. The molecule has 0 saturated heterocycles. The van der Waals surface area contributed by atoms with Gasteiger partial charge in [-0.15, -0.1) is 0 Å². The van der Waals surface area contributed by atoms with E-state index < -0.39 is 0 Å². The number of phenols is 1. The Kier molecular flexibility index (Phi) is 9.22. The molecule has 272 valence electrons. The normalized spacial score (nSPS) is 12.0. The number of hydrogen-bond acceptors (Lipinski definition) is 3. The molecule has 0 aliphatic heterocycles. The van der Waals surface area contributed by atoms with E-state index in [9.17, 15) is 5.11 Å². The smallest absolute Gasteiger partial charge is 0.149 e. The van der Waals surface area contributed by atoms with Crippen LogP contribution in [0.1, 0.15) is 59.1 Å². The third-order valence-corrected chi connectivity index (χ3v) is 11.1. The van der Waals surface area contributed by atoms with Crippen molar-refractivity contribution in [3.63, 3.8) is 0 Å². The highest BCUT2D eigenvalue weighted by Crippen LogP contribution is 2.42. The van der Waals surface area contributed by atoms with Crippen molar-refractivity contribution < 1.29 is 5.11 Å². The molecule has 0 aliphatic carbocycles. The lowest BCUT2D eigenvalue weighted by Gasteiger charge is -2.25. The minimum Gasteiger partial charge on any atom is -0.507 e. The summed E-state index contributed by atoms with van der Waals surface area (Å²) >= 11 is 0. The minimum absolute atomic E-state index is 0.00197. The predicted octanol–water partition coefficient (Wildman–Crippen LogP) is 13.4. The summed E-state index contributed by atoms with van der Waals surface area (Å²) in [5.74, 6) is 0.872. The zero-order valence-corrected chi connectivity index (χ0v) is 32.5. The van der Waals surface area contributed by atoms with Gasteiger partial charge >= 0.3 is 0 Å². The maximum Gasteiger partial charge on any atom is 0.149 e. The van der Waals surface area contributed by atoms with Crippen LogP contribution in [0, 0.1) is 0 Å². The van der Waals surface area contributed by atoms with E-state index in [1.807, 2.05) is 30.5 Å². The lowest BCUT2D eigenvalue weighted by Crippen LogP contribution is -2.16. The molecule has 0 saturated carbocycles. The van der Waals surface area contributed by atoms with Gasteiger partial charge in [0.15, 0.2) is 0 Å². The molecular formula is C51H47N3O. The summed E-state index contributed by atoms with van der Waals surface area (Å²) in [7, 11) is 0. The highest BCUT2D eigenvalue weighted by Gasteiger charge is 2.25. The summed E-state index contributed by atoms with van der Waals surface area (Å²) in [5.41, 5.74) is 14.5. The van der Waals surface area contributed by atoms with Gasteiger partial charge in [-0.2, -0.15) is 0 Å². The number of aromatic hydroxyl groups is 1. The van der Waals surface area contributed by atoms with Crippen LogP contribution in [0.15, 0.2) is 158 Å². The monoisotopic (exact) mass is 717 g/mol. The highest BCUT2D eigenvalue weighted by molar-refractivity contribution is 5.97. The Morgan fingerprint density at radius 2 is 1.22 bits per heavy atom. The third kappa shape index (κ3) is 6.85. The first-order valence-electron chi connectivity index (χ1n) is 19.2. The van der Waals surface area contributed by atoms with Crippen molar-refractivity contribution in [1.82, 2.24) is 14.5 Å². The fraction of sp³-hybridized carbons (Fsp3) is 0.176. The number of benzene rings is 6. The number of imidazole rings is 1. The molecule has 4 nitrogen and oxygen atoms in total. The van der Waals surface area contributed by atoms with Crippen molar-refractivity contribution in [3.8, 4) is 67.5 Å². The van der Waals surface area contributed by atoms with Gasteiger partial charge in [0.2, 0.25) is 0 Å². The number of para-hydroxylation sites is 2. The van der Waals surface area contributed by atoms with Crippen LogP contribution in [0.5, 0.6) is 5.75 Å². The Labute approximate surface area is 324 Å². The van der Waals surface area contributed by atoms with Crippen molar-refractivity contribution >= 4 is 11.0 Å². The largest absolute Gasteiger partial charge is 0.507 e. The minimum atomic E-state index is -0.116.